The first-order valence-electron chi connectivity index (χ1n) is 6.44. The summed E-state index contributed by atoms with van der Waals surface area (Å²) in [5.74, 6) is 0.251. The molecule has 0 aliphatic carbocycles. The lowest BCUT2D eigenvalue weighted by atomic mass is 10.2. The number of aromatic nitrogens is 2. The molecule has 2 aromatic rings. The molecule has 0 fully saturated rings. The summed E-state index contributed by atoms with van der Waals surface area (Å²) in [7, 11) is 0. The molecule has 2 rings (SSSR count). The molecule has 1 heterocycles. The molecule has 0 bridgehead atoms. The van der Waals surface area contributed by atoms with Gasteiger partial charge in [-0.15, -0.1) is 0 Å². The van der Waals surface area contributed by atoms with Gasteiger partial charge in [-0.2, -0.15) is 10.5 Å². The summed E-state index contributed by atoms with van der Waals surface area (Å²) in [6.45, 7) is 0.573. The second-order valence-electron chi connectivity index (χ2n) is 4.40. The Morgan fingerprint density at radius 3 is 2.67 bits per heavy atom. The smallest absolute Gasteiger partial charge is 0.224 e. The maximum Gasteiger partial charge on any atom is 0.224 e. The summed E-state index contributed by atoms with van der Waals surface area (Å²) < 4.78 is 1.72. The monoisotopic (exact) mass is 279 g/mol. The van der Waals surface area contributed by atoms with Crippen LogP contribution in [0.5, 0.6) is 0 Å². The Balaban J connectivity index is 1.80. The molecule has 21 heavy (non-hydrogen) atoms. The standard InChI is InChI=1S/C15H13N5O/c16-10-12-3-5-13(6-4-12)19-15(21)2-1-8-20-9-7-18-14(20)11-17/h3-7,9H,1-2,8H2,(H,19,21). The zero-order chi connectivity index (χ0) is 15.1. The minimum Gasteiger partial charge on any atom is -0.326 e. The molecule has 0 atom stereocenters. The van der Waals surface area contributed by atoms with Crippen molar-refractivity contribution in [1.29, 1.82) is 10.5 Å². The largest absolute Gasteiger partial charge is 0.326 e. The third kappa shape index (κ3) is 3.92. The van der Waals surface area contributed by atoms with Crippen LogP contribution < -0.4 is 5.32 Å². The van der Waals surface area contributed by atoms with E-state index in [0.717, 1.165) is 0 Å². The van der Waals surface area contributed by atoms with Gasteiger partial charge in [-0.05, 0) is 30.7 Å². The number of aryl methyl sites for hydroxylation is 1. The molecular weight excluding hydrogens is 266 g/mol. The fraction of sp³-hybridized carbons (Fsp3) is 0.200. The predicted molar refractivity (Wildman–Crippen MR) is 76.0 cm³/mol. The predicted octanol–water partition coefficient (Wildman–Crippen LogP) is 2.05. The van der Waals surface area contributed by atoms with Gasteiger partial charge in [-0.25, -0.2) is 4.98 Å². The number of nitrogens with zero attached hydrogens (tertiary/aromatic N) is 4. The zero-order valence-corrected chi connectivity index (χ0v) is 11.3. The number of nitrogens with one attached hydrogen (secondary N) is 1. The average molecular weight is 279 g/mol. The summed E-state index contributed by atoms with van der Waals surface area (Å²) >= 11 is 0. The van der Waals surface area contributed by atoms with Gasteiger partial charge in [0.1, 0.15) is 6.07 Å². The van der Waals surface area contributed by atoms with E-state index in [1.807, 2.05) is 12.1 Å². The van der Waals surface area contributed by atoms with Crippen LogP contribution in [-0.2, 0) is 11.3 Å². The summed E-state index contributed by atoms with van der Waals surface area (Å²) in [4.78, 5) is 15.7. The number of benzene rings is 1. The van der Waals surface area contributed by atoms with Gasteiger partial charge in [-0.1, -0.05) is 0 Å². The molecule has 104 valence electrons. The van der Waals surface area contributed by atoms with Crippen LogP contribution in [0.4, 0.5) is 5.69 Å². The molecule has 0 saturated heterocycles. The first kappa shape index (κ1) is 14.3. The maximum atomic E-state index is 11.8. The van der Waals surface area contributed by atoms with Crippen LogP contribution in [0.3, 0.4) is 0 Å². The molecule has 1 aromatic heterocycles. The number of imidazole rings is 1. The lowest BCUT2D eigenvalue weighted by Gasteiger charge is -2.06. The Bertz CT molecular complexity index is 703. The van der Waals surface area contributed by atoms with Crippen LogP contribution in [0.15, 0.2) is 36.7 Å². The summed E-state index contributed by atoms with van der Waals surface area (Å²) in [6, 6.07) is 10.7. The van der Waals surface area contributed by atoms with E-state index < -0.39 is 0 Å². The highest BCUT2D eigenvalue weighted by Gasteiger charge is 2.05. The molecule has 0 unspecified atom stereocenters. The number of nitriles is 2. The van der Waals surface area contributed by atoms with Crippen LogP contribution in [0.2, 0.25) is 0 Å². The summed E-state index contributed by atoms with van der Waals surface area (Å²) in [6.07, 6.45) is 4.25. The second-order valence-corrected chi connectivity index (χ2v) is 4.40. The van der Waals surface area contributed by atoms with Crippen LogP contribution in [0.25, 0.3) is 0 Å². The minimum absolute atomic E-state index is 0.0988. The Morgan fingerprint density at radius 1 is 1.24 bits per heavy atom. The average Bonchev–Trinajstić information content (AvgIpc) is 2.95. The van der Waals surface area contributed by atoms with Crippen molar-refractivity contribution in [2.75, 3.05) is 5.32 Å². The number of carbonyl (C=O) groups excluding carboxylic acids is 1. The van der Waals surface area contributed by atoms with Gasteiger partial charge in [-0.3, -0.25) is 4.79 Å². The SMILES string of the molecule is N#Cc1ccc(NC(=O)CCCn2ccnc2C#N)cc1. The van der Waals surface area contributed by atoms with E-state index in [9.17, 15) is 4.79 Å². The first-order chi connectivity index (χ1) is 10.2. The highest BCUT2D eigenvalue weighted by molar-refractivity contribution is 5.90. The lowest BCUT2D eigenvalue weighted by molar-refractivity contribution is -0.116. The normalized spacial score (nSPS) is 9.62. The van der Waals surface area contributed by atoms with E-state index in [4.69, 9.17) is 10.5 Å². The number of hydrogen-bond donors (Lipinski definition) is 1. The third-order valence-electron chi connectivity index (χ3n) is 2.92. The molecule has 6 heteroatoms. The van der Waals surface area contributed by atoms with E-state index in [-0.39, 0.29) is 5.91 Å². The van der Waals surface area contributed by atoms with Gasteiger partial charge in [0.05, 0.1) is 11.6 Å². The quantitative estimate of drug-likeness (QED) is 0.906. The van der Waals surface area contributed by atoms with Gasteiger partial charge >= 0.3 is 0 Å². The Morgan fingerprint density at radius 2 is 2.00 bits per heavy atom. The number of anilines is 1. The maximum absolute atomic E-state index is 11.8. The number of hydrogen-bond acceptors (Lipinski definition) is 4. The van der Waals surface area contributed by atoms with Gasteiger partial charge in [0, 0.05) is 31.0 Å². The van der Waals surface area contributed by atoms with Crippen molar-refractivity contribution in [3.05, 3.63) is 48.0 Å². The minimum atomic E-state index is -0.0988. The molecule has 6 nitrogen and oxygen atoms in total. The van der Waals surface area contributed by atoms with E-state index in [2.05, 4.69) is 10.3 Å². The van der Waals surface area contributed by atoms with E-state index in [0.29, 0.717) is 36.5 Å². The Hall–Kier alpha value is -3.12. The number of carbonyl (C=O) groups is 1. The molecular formula is C15H13N5O. The Labute approximate surface area is 122 Å². The molecule has 0 aliphatic heterocycles. The van der Waals surface area contributed by atoms with Crippen LogP contribution in [0.1, 0.15) is 24.2 Å². The molecule has 0 radical (unpaired) electrons. The fourth-order valence-electron chi connectivity index (χ4n) is 1.86. The summed E-state index contributed by atoms with van der Waals surface area (Å²) in [5.41, 5.74) is 1.22. The molecule has 0 saturated carbocycles. The second kappa shape index (κ2) is 6.88. The highest BCUT2D eigenvalue weighted by Crippen LogP contribution is 2.10. The van der Waals surface area contributed by atoms with Crippen LogP contribution >= 0.6 is 0 Å². The van der Waals surface area contributed by atoms with Gasteiger partial charge in [0.2, 0.25) is 11.7 Å². The Kier molecular flexibility index (Phi) is 4.68. The molecule has 0 aliphatic rings. The molecule has 0 spiro atoms. The van der Waals surface area contributed by atoms with Crippen molar-refractivity contribution < 1.29 is 4.79 Å². The number of rotatable bonds is 5. The van der Waals surface area contributed by atoms with Crippen LogP contribution in [0, 0.1) is 22.7 Å². The van der Waals surface area contributed by atoms with E-state index >= 15 is 0 Å². The van der Waals surface area contributed by atoms with Crippen LogP contribution in [-0.4, -0.2) is 15.5 Å². The fourth-order valence-corrected chi connectivity index (χ4v) is 1.86. The van der Waals surface area contributed by atoms with Crippen molar-refractivity contribution in [3.8, 4) is 12.1 Å². The van der Waals surface area contributed by atoms with Gasteiger partial charge in [0.25, 0.3) is 0 Å². The summed E-state index contributed by atoms with van der Waals surface area (Å²) in [5, 5.41) is 20.3. The van der Waals surface area contributed by atoms with Gasteiger partial charge in [0.15, 0.2) is 0 Å². The molecule has 1 amide bonds. The third-order valence-corrected chi connectivity index (χ3v) is 2.92. The van der Waals surface area contributed by atoms with E-state index in [1.165, 1.54) is 0 Å². The molecule has 1 aromatic carbocycles. The van der Waals surface area contributed by atoms with Crippen molar-refractivity contribution >= 4 is 11.6 Å². The molecule has 1 N–H and O–H groups in total. The van der Waals surface area contributed by atoms with Crippen molar-refractivity contribution in [1.82, 2.24) is 9.55 Å². The highest BCUT2D eigenvalue weighted by atomic mass is 16.1. The number of amides is 1. The van der Waals surface area contributed by atoms with Crippen molar-refractivity contribution in [2.45, 2.75) is 19.4 Å². The topological polar surface area (TPSA) is 94.5 Å². The van der Waals surface area contributed by atoms with E-state index in [1.54, 1.807) is 41.2 Å². The zero-order valence-electron chi connectivity index (χ0n) is 11.3. The van der Waals surface area contributed by atoms with Crippen molar-refractivity contribution in [2.24, 2.45) is 0 Å². The lowest BCUT2D eigenvalue weighted by Crippen LogP contribution is -2.12. The first-order valence-corrected chi connectivity index (χ1v) is 6.44. The van der Waals surface area contributed by atoms with Gasteiger partial charge < -0.3 is 9.88 Å². The van der Waals surface area contributed by atoms with Crippen molar-refractivity contribution in [3.63, 3.8) is 0 Å².